The van der Waals surface area contributed by atoms with Gasteiger partial charge in [0.05, 0.1) is 6.10 Å². The van der Waals surface area contributed by atoms with E-state index in [0.717, 1.165) is 11.1 Å². The maximum absolute atomic E-state index is 9.82. The van der Waals surface area contributed by atoms with Gasteiger partial charge in [0, 0.05) is 6.42 Å². The zero-order valence-corrected chi connectivity index (χ0v) is 8.96. The first-order valence-electron chi connectivity index (χ1n) is 4.80. The van der Waals surface area contributed by atoms with Crippen molar-refractivity contribution in [3.63, 3.8) is 0 Å². The van der Waals surface area contributed by atoms with E-state index in [1.807, 2.05) is 19.1 Å². The summed E-state index contributed by atoms with van der Waals surface area (Å²) in [5.74, 6) is 5.68. The number of hydrogen-bond donors (Lipinski definition) is 1. The van der Waals surface area contributed by atoms with Crippen molar-refractivity contribution in [3.8, 4) is 11.8 Å². The molecule has 1 unspecified atom stereocenters. The highest BCUT2D eigenvalue weighted by molar-refractivity contribution is 5.32. The largest absolute Gasteiger partial charge is 0.387 e. The summed E-state index contributed by atoms with van der Waals surface area (Å²) in [5.41, 5.74) is 3.34. The molecule has 0 aromatic heterocycles. The van der Waals surface area contributed by atoms with Crippen LogP contribution in [0, 0.1) is 25.7 Å². The Hall–Kier alpha value is -1.26. The van der Waals surface area contributed by atoms with E-state index < -0.39 is 6.10 Å². The van der Waals surface area contributed by atoms with Crippen LogP contribution in [0.3, 0.4) is 0 Å². The Bertz CT molecular complexity index is 369. The molecule has 0 saturated heterocycles. The molecule has 1 nitrogen and oxygen atoms in total. The van der Waals surface area contributed by atoms with Gasteiger partial charge in [-0.25, -0.2) is 0 Å². The van der Waals surface area contributed by atoms with Crippen molar-refractivity contribution in [1.82, 2.24) is 0 Å². The van der Waals surface area contributed by atoms with Crippen LogP contribution in [0.1, 0.15) is 36.1 Å². The van der Waals surface area contributed by atoms with Gasteiger partial charge in [-0.3, -0.25) is 0 Å². The van der Waals surface area contributed by atoms with Gasteiger partial charge in [0.1, 0.15) is 0 Å². The van der Waals surface area contributed by atoms with Gasteiger partial charge in [0.15, 0.2) is 0 Å². The Kier molecular flexibility index (Phi) is 3.73. The fourth-order valence-corrected chi connectivity index (χ4v) is 1.51. The minimum atomic E-state index is -0.456. The topological polar surface area (TPSA) is 20.2 Å². The van der Waals surface area contributed by atoms with Crippen molar-refractivity contribution in [2.45, 2.75) is 33.3 Å². The zero-order valence-electron chi connectivity index (χ0n) is 8.96. The van der Waals surface area contributed by atoms with Gasteiger partial charge < -0.3 is 5.11 Å². The van der Waals surface area contributed by atoms with E-state index in [-0.39, 0.29) is 0 Å². The van der Waals surface area contributed by atoms with E-state index in [9.17, 15) is 5.11 Å². The molecule has 0 aliphatic rings. The SMILES string of the molecule is CC#CCC(O)c1ccc(C)cc1C. The molecule has 0 saturated carbocycles. The summed E-state index contributed by atoms with van der Waals surface area (Å²) in [7, 11) is 0. The third-order valence-electron chi connectivity index (χ3n) is 2.26. The first-order valence-corrected chi connectivity index (χ1v) is 4.80. The fraction of sp³-hybridized carbons (Fsp3) is 0.385. The van der Waals surface area contributed by atoms with Crippen molar-refractivity contribution in [2.75, 3.05) is 0 Å². The lowest BCUT2D eigenvalue weighted by molar-refractivity contribution is 0.183. The monoisotopic (exact) mass is 188 g/mol. The Morgan fingerprint density at radius 2 is 2.07 bits per heavy atom. The van der Waals surface area contributed by atoms with Crippen LogP contribution in [0.15, 0.2) is 18.2 Å². The summed E-state index contributed by atoms with van der Waals surface area (Å²) in [6.45, 7) is 5.86. The summed E-state index contributed by atoms with van der Waals surface area (Å²) in [6.07, 6.45) is 0.0588. The second-order valence-corrected chi connectivity index (χ2v) is 3.51. The number of rotatable bonds is 2. The van der Waals surface area contributed by atoms with Crippen molar-refractivity contribution < 1.29 is 5.11 Å². The molecule has 0 aliphatic heterocycles. The number of benzene rings is 1. The Labute approximate surface area is 85.8 Å². The Morgan fingerprint density at radius 1 is 1.36 bits per heavy atom. The third-order valence-corrected chi connectivity index (χ3v) is 2.26. The van der Waals surface area contributed by atoms with Gasteiger partial charge in [-0.2, -0.15) is 0 Å². The molecule has 74 valence electrons. The first-order chi connectivity index (χ1) is 6.65. The van der Waals surface area contributed by atoms with Crippen LogP contribution in [0.5, 0.6) is 0 Å². The predicted octanol–water partition coefficient (Wildman–Crippen LogP) is 2.75. The fourth-order valence-electron chi connectivity index (χ4n) is 1.51. The maximum Gasteiger partial charge on any atom is 0.0901 e. The van der Waals surface area contributed by atoms with Crippen LogP contribution >= 0.6 is 0 Å². The lowest BCUT2D eigenvalue weighted by atomic mass is 9.99. The standard InChI is InChI=1S/C13H16O/c1-4-5-6-13(14)12-8-7-10(2)9-11(12)3/h7-9,13-14H,6H2,1-3H3. The number of hydrogen-bond acceptors (Lipinski definition) is 1. The quantitative estimate of drug-likeness (QED) is 0.707. The van der Waals surface area contributed by atoms with E-state index in [2.05, 4.69) is 24.8 Å². The minimum absolute atomic E-state index is 0.456. The molecule has 1 aromatic carbocycles. The van der Waals surface area contributed by atoms with Crippen molar-refractivity contribution >= 4 is 0 Å². The van der Waals surface area contributed by atoms with E-state index in [1.54, 1.807) is 6.92 Å². The van der Waals surface area contributed by atoms with Crippen molar-refractivity contribution in [1.29, 1.82) is 0 Å². The Morgan fingerprint density at radius 3 is 2.64 bits per heavy atom. The van der Waals surface area contributed by atoms with Crippen LogP contribution in [0.4, 0.5) is 0 Å². The predicted molar refractivity (Wildman–Crippen MR) is 58.9 cm³/mol. The number of aliphatic hydroxyl groups excluding tert-OH is 1. The molecule has 1 aromatic rings. The first kappa shape index (κ1) is 10.8. The zero-order chi connectivity index (χ0) is 10.6. The highest BCUT2D eigenvalue weighted by atomic mass is 16.3. The molecular weight excluding hydrogens is 172 g/mol. The molecule has 0 spiro atoms. The molecule has 0 fully saturated rings. The average molecular weight is 188 g/mol. The van der Waals surface area contributed by atoms with Crippen LogP contribution < -0.4 is 0 Å². The molecule has 0 radical (unpaired) electrons. The molecule has 0 amide bonds. The molecular formula is C13H16O. The minimum Gasteiger partial charge on any atom is -0.387 e. The van der Waals surface area contributed by atoms with E-state index in [4.69, 9.17) is 0 Å². The van der Waals surface area contributed by atoms with Gasteiger partial charge in [-0.1, -0.05) is 23.8 Å². The molecule has 1 heteroatoms. The Balaban J connectivity index is 2.88. The van der Waals surface area contributed by atoms with Gasteiger partial charge in [0.25, 0.3) is 0 Å². The van der Waals surface area contributed by atoms with E-state index >= 15 is 0 Å². The van der Waals surface area contributed by atoms with Gasteiger partial charge >= 0.3 is 0 Å². The molecule has 0 bridgehead atoms. The number of aryl methyl sites for hydroxylation is 2. The summed E-state index contributed by atoms with van der Waals surface area (Å²) < 4.78 is 0. The summed E-state index contributed by atoms with van der Waals surface area (Å²) in [5, 5.41) is 9.82. The van der Waals surface area contributed by atoms with Crippen molar-refractivity contribution in [2.24, 2.45) is 0 Å². The molecule has 0 heterocycles. The van der Waals surface area contributed by atoms with Crippen molar-refractivity contribution in [3.05, 3.63) is 34.9 Å². The highest BCUT2D eigenvalue weighted by Crippen LogP contribution is 2.20. The maximum atomic E-state index is 9.82. The second kappa shape index (κ2) is 4.83. The highest BCUT2D eigenvalue weighted by Gasteiger charge is 2.08. The molecule has 1 atom stereocenters. The molecule has 1 N–H and O–H groups in total. The lowest BCUT2D eigenvalue weighted by Crippen LogP contribution is -1.99. The normalized spacial score (nSPS) is 11.7. The summed E-state index contributed by atoms with van der Waals surface area (Å²) in [4.78, 5) is 0. The van der Waals surface area contributed by atoms with Crippen LogP contribution in [0.2, 0.25) is 0 Å². The summed E-state index contributed by atoms with van der Waals surface area (Å²) in [6, 6.07) is 6.08. The van der Waals surface area contributed by atoms with Gasteiger partial charge in [-0.05, 0) is 31.9 Å². The van der Waals surface area contributed by atoms with E-state index in [0.29, 0.717) is 6.42 Å². The molecule has 0 aliphatic carbocycles. The van der Waals surface area contributed by atoms with Crippen LogP contribution in [-0.4, -0.2) is 5.11 Å². The van der Waals surface area contributed by atoms with Gasteiger partial charge in [0.2, 0.25) is 0 Å². The smallest absolute Gasteiger partial charge is 0.0901 e. The lowest BCUT2D eigenvalue weighted by Gasteiger charge is -2.11. The third kappa shape index (κ3) is 2.61. The van der Waals surface area contributed by atoms with E-state index in [1.165, 1.54) is 5.56 Å². The van der Waals surface area contributed by atoms with Crippen LogP contribution in [-0.2, 0) is 0 Å². The molecule has 1 rings (SSSR count). The van der Waals surface area contributed by atoms with Crippen LogP contribution in [0.25, 0.3) is 0 Å². The number of aliphatic hydroxyl groups is 1. The second-order valence-electron chi connectivity index (χ2n) is 3.51. The summed E-state index contributed by atoms with van der Waals surface area (Å²) >= 11 is 0. The average Bonchev–Trinajstić information content (AvgIpc) is 2.14. The molecule has 14 heavy (non-hydrogen) atoms. The van der Waals surface area contributed by atoms with Gasteiger partial charge in [-0.15, -0.1) is 11.8 Å².